The molecule has 1 unspecified atom stereocenters. The SMILES string of the molecule is CC(CN=[N+]=[N-])COc1ccc([C@]2(C)NC(=O)N(CCC(=O)O)C=C2C(C)C)cc1Cl. The maximum Gasteiger partial charge on any atom is 0.322 e. The molecule has 0 radical (unpaired) electrons. The molecule has 168 valence electrons. The van der Waals surface area contributed by atoms with Gasteiger partial charge >= 0.3 is 12.0 Å². The van der Waals surface area contributed by atoms with Crippen LogP contribution in [0.1, 0.15) is 39.7 Å². The van der Waals surface area contributed by atoms with Gasteiger partial charge in [-0.1, -0.05) is 43.6 Å². The third kappa shape index (κ3) is 6.06. The Morgan fingerprint density at radius 3 is 2.71 bits per heavy atom. The molecule has 1 aromatic rings. The number of carbonyl (C=O) groups is 2. The number of nitrogens with zero attached hydrogens (tertiary/aromatic N) is 4. The van der Waals surface area contributed by atoms with Crippen LogP contribution in [-0.4, -0.2) is 41.7 Å². The molecule has 31 heavy (non-hydrogen) atoms. The number of ether oxygens (including phenoxy) is 1. The van der Waals surface area contributed by atoms with Gasteiger partial charge in [0.25, 0.3) is 0 Å². The molecule has 1 aliphatic heterocycles. The number of hydrogen-bond donors (Lipinski definition) is 2. The van der Waals surface area contributed by atoms with Crippen molar-refractivity contribution in [1.82, 2.24) is 10.2 Å². The Labute approximate surface area is 186 Å². The molecule has 0 spiro atoms. The number of carbonyl (C=O) groups excluding carboxylic acids is 1. The zero-order chi connectivity index (χ0) is 23.2. The molecule has 0 aromatic heterocycles. The highest BCUT2D eigenvalue weighted by molar-refractivity contribution is 6.32. The third-order valence-corrected chi connectivity index (χ3v) is 5.46. The summed E-state index contributed by atoms with van der Waals surface area (Å²) in [4.78, 5) is 27.7. The lowest BCUT2D eigenvalue weighted by Crippen LogP contribution is -2.54. The van der Waals surface area contributed by atoms with Crippen molar-refractivity contribution in [2.45, 2.75) is 39.7 Å². The van der Waals surface area contributed by atoms with Crippen molar-refractivity contribution >= 4 is 23.6 Å². The molecular formula is C21H28ClN5O4. The molecule has 2 amide bonds. The van der Waals surface area contributed by atoms with E-state index in [1.165, 1.54) is 4.90 Å². The van der Waals surface area contributed by atoms with E-state index in [2.05, 4.69) is 15.3 Å². The van der Waals surface area contributed by atoms with Crippen LogP contribution in [0.4, 0.5) is 4.79 Å². The van der Waals surface area contributed by atoms with E-state index in [9.17, 15) is 9.59 Å². The highest BCUT2D eigenvalue weighted by Gasteiger charge is 2.39. The van der Waals surface area contributed by atoms with Gasteiger partial charge in [0.05, 0.1) is 23.6 Å². The van der Waals surface area contributed by atoms with E-state index in [1.807, 2.05) is 33.8 Å². The average Bonchev–Trinajstić information content (AvgIpc) is 2.70. The summed E-state index contributed by atoms with van der Waals surface area (Å²) in [6.45, 7) is 8.61. The number of benzene rings is 1. The molecule has 0 fully saturated rings. The first-order valence-electron chi connectivity index (χ1n) is 10.0. The summed E-state index contributed by atoms with van der Waals surface area (Å²) >= 11 is 6.46. The van der Waals surface area contributed by atoms with Gasteiger partial charge in [0.1, 0.15) is 5.75 Å². The summed E-state index contributed by atoms with van der Waals surface area (Å²) in [5.74, 6) is -0.331. The van der Waals surface area contributed by atoms with Crippen molar-refractivity contribution in [3.05, 3.63) is 51.0 Å². The fourth-order valence-electron chi connectivity index (χ4n) is 3.45. The van der Waals surface area contributed by atoms with Gasteiger partial charge < -0.3 is 20.1 Å². The smallest absolute Gasteiger partial charge is 0.322 e. The minimum absolute atomic E-state index is 0.0362. The number of hydrogen-bond acceptors (Lipinski definition) is 4. The fourth-order valence-corrected chi connectivity index (χ4v) is 3.69. The molecule has 9 nitrogen and oxygen atoms in total. The number of amides is 2. The van der Waals surface area contributed by atoms with Crippen LogP contribution in [0.3, 0.4) is 0 Å². The van der Waals surface area contributed by atoms with Gasteiger partial charge in [0.2, 0.25) is 0 Å². The zero-order valence-corrected chi connectivity index (χ0v) is 18.9. The lowest BCUT2D eigenvalue weighted by molar-refractivity contribution is -0.137. The Morgan fingerprint density at radius 1 is 1.42 bits per heavy atom. The third-order valence-electron chi connectivity index (χ3n) is 5.17. The van der Waals surface area contributed by atoms with E-state index in [0.717, 1.165) is 11.1 Å². The molecule has 0 bridgehead atoms. The Hall–Kier alpha value is -2.90. The topological polar surface area (TPSA) is 128 Å². The van der Waals surface area contributed by atoms with Crippen molar-refractivity contribution in [1.29, 1.82) is 0 Å². The van der Waals surface area contributed by atoms with E-state index in [1.54, 1.807) is 18.3 Å². The lowest BCUT2D eigenvalue weighted by Gasteiger charge is -2.42. The molecule has 2 atom stereocenters. The Balaban J connectivity index is 2.27. The Bertz CT molecular complexity index is 913. The second-order valence-corrected chi connectivity index (χ2v) is 8.51. The Kier molecular flexibility index (Phi) is 8.19. The second kappa shape index (κ2) is 10.4. The van der Waals surface area contributed by atoms with Crippen LogP contribution in [0.15, 0.2) is 35.1 Å². The van der Waals surface area contributed by atoms with Crippen LogP contribution in [0.5, 0.6) is 5.75 Å². The van der Waals surface area contributed by atoms with Crippen molar-refractivity contribution in [2.75, 3.05) is 19.7 Å². The standard InChI is InChI=1S/C21H28ClN5O4/c1-13(2)16-11-27(8-7-19(28)29)20(30)25-21(16,4)15-5-6-18(17(22)9-15)31-12-14(3)10-24-26-23/h5-6,9,11,13-14H,7-8,10,12H2,1-4H3,(H,25,30)(H,28,29)/t14?,21-/m0/s1. The normalized spacial score (nSPS) is 19.4. The summed E-state index contributed by atoms with van der Waals surface area (Å²) in [6.07, 6.45) is 1.60. The van der Waals surface area contributed by atoms with Crippen molar-refractivity contribution in [2.24, 2.45) is 17.0 Å². The molecule has 2 rings (SSSR count). The maximum atomic E-state index is 12.7. The van der Waals surface area contributed by atoms with E-state index in [4.69, 9.17) is 27.0 Å². The van der Waals surface area contributed by atoms with E-state index < -0.39 is 11.5 Å². The summed E-state index contributed by atoms with van der Waals surface area (Å²) < 4.78 is 5.76. The largest absolute Gasteiger partial charge is 0.492 e. The first-order valence-corrected chi connectivity index (χ1v) is 10.4. The summed E-state index contributed by atoms with van der Waals surface area (Å²) in [7, 11) is 0. The average molecular weight is 450 g/mol. The highest BCUT2D eigenvalue weighted by Crippen LogP contribution is 2.39. The minimum Gasteiger partial charge on any atom is -0.492 e. The fraction of sp³-hybridized carbons (Fsp3) is 0.524. The molecule has 10 heteroatoms. The van der Waals surface area contributed by atoms with Crippen LogP contribution >= 0.6 is 11.6 Å². The quantitative estimate of drug-likeness (QED) is 0.298. The molecule has 1 aliphatic rings. The van der Waals surface area contributed by atoms with Crippen molar-refractivity contribution in [3.8, 4) is 5.75 Å². The maximum absolute atomic E-state index is 12.7. The van der Waals surface area contributed by atoms with Gasteiger partial charge in [-0.05, 0) is 47.6 Å². The number of aliphatic carboxylic acids is 1. The van der Waals surface area contributed by atoms with Gasteiger partial charge in [-0.25, -0.2) is 4.79 Å². The van der Waals surface area contributed by atoms with Gasteiger partial charge in [-0.2, -0.15) is 0 Å². The van der Waals surface area contributed by atoms with Crippen LogP contribution in [0, 0.1) is 11.8 Å². The molecule has 2 N–H and O–H groups in total. The van der Waals surface area contributed by atoms with Crippen LogP contribution in [0.2, 0.25) is 5.02 Å². The second-order valence-electron chi connectivity index (χ2n) is 8.11. The van der Waals surface area contributed by atoms with E-state index in [0.29, 0.717) is 23.9 Å². The van der Waals surface area contributed by atoms with Crippen molar-refractivity contribution in [3.63, 3.8) is 0 Å². The zero-order valence-electron chi connectivity index (χ0n) is 18.1. The monoisotopic (exact) mass is 449 g/mol. The van der Waals surface area contributed by atoms with E-state index >= 15 is 0 Å². The van der Waals surface area contributed by atoms with Crippen LogP contribution in [0.25, 0.3) is 10.4 Å². The number of urea groups is 1. The molecule has 0 saturated carbocycles. The summed E-state index contributed by atoms with van der Waals surface area (Å²) in [6, 6.07) is 5.00. The van der Waals surface area contributed by atoms with E-state index in [-0.39, 0.29) is 30.8 Å². The van der Waals surface area contributed by atoms with Gasteiger partial charge in [0, 0.05) is 24.2 Å². The number of rotatable bonds is 10. The molecular weight excluding hydrogens is 422 g/mol. The van der Waals surface area contributed by atoms with Gasteiger partial charge in [0.15, 0.2) is 0 Å². The molecule has 0 aliphatic carbocycles. The van der Waals surface area contributed by atoms with Gasteiger partial charge in [-0.15, -0.1) is 0 Å². The van der Waals surface area contributed by atoms with Crippen molar-refractivity contribution < 1.29 is 19.4 Å². The predicted octanol–water partition coefficient (Wildman–Crippen LogP) is 4.92. The van der Waals surface area contributed by atoms with Crippen LogP contribution in [-0.2, 0) is 10.3 Å². The van der Waals surface area contributed by atoms with Crippen LogP contribution < -0.4 is 10.1 Å². The molecule has 1 aromatic carbocycles. The number of nitrogens with one attached hydrogen (secondary N) is 1. The first kappa shape index (κ1) is 24.4. The minimum atomic E-state index is -0.961. The summed E-state index contributed by atoms with van der Waals surface area (Å²) in [5.41, 5.74) is 9.33. The molecule has 1 heterocycles. The lowest BCUT2D eigenvalue weighted by atomic mass is 9.78. The Morgan fingerprint density at radius 2 is 2.13 bits per heavy atom. The molecule has 0 saturated heterocycles. The van der Waals surface area contributed by atoms with Gasteiger partial charge in [-0.3, -0.25) is 4.79 Å². The predicted molar refractivity (Wildman–Crippen MR) is 118 cm³/mol. The number of halogens is 1. The highest BCUT2D eigenvalue weighted by atomic mass is 35.5. The number of carboxylic acid groups (broad SMARTS) is 1. The first-order chi connectivity index (χ1) is 14.6. The summed E-state index contributed by atoms with van der Waals surface area (Å²) in [5, 5.41) is 15.9. The number of carboxylic acids is 1. The number of azide groups is 1.